The average Bonchev–Trinajstić information content (AvgIpc) is 2.63. The third-order valence-corrected chi connectivity index (χ3v) is 2.92. The molecule has 1 aromatic rings. The van der Waals surface area contributed by atoms with Gasteiger partial charge in [-0.15, -0.1) is 0 Å². The van der Waals surface area contributed by atoms with Gasteiger partial charge in [-0.25, -0.2) is 0 Å². The summed E-state index contributed by atoms with van der Waals surface area (Å²) in [6.45, 7) is 0. The van der Waals surface area contributed by atoms with E-state index < -0.39 is 11.7 Å². The predicted molar refractivity (Wildman–Crippen MR) is 53.0 cm³/mol. The van der Waals surface area contributed by atoms with E-state index in [1.165, 1.54) is 6.07 Å². The second kappa shape index (κ2) is 3.92. The second-order valence-corrected chi connectivity index (χ2v) is 4.03. The lowest BCUT2D eigenvalue weighted by molar-refractivity contribution is -0.137. The Morgan fingerprint density at radius 2 is 2.00 bits per heavy atom. The molecule has 0 aromatic heterocycles. The van der Waals surface area contributed by atoms with Gasteiger partial charge in [-0.1, -0.05) is 18.2 Å². The van der Waals surface area contributed by atoms with Crippen LogP contribution in [0.1, 0.15) is 36.3 Å². The van der Waals surface area contributed by atoms with Crippen molar-refractivity contribution in [1.29, 1.82) is 0 Å². The summed E-state index contributed by atoms with van der Waals surface area (Å²) in [7, 11) is 0. The van der Waals surface area contributed by atoms with Crippen LogP contribution in [0.5, 0.6) is 0 Å². The van der Waals surface area contributed by atoms with Crippen molar-refractivity contribution in [2.24, 2.45) is 0 Å². The maximum atomic E-state index is 12.5. The van der Waals surface area contributed by atoms with Gasteiger partial charge in [0.05, 0.1) is 5.56 Å². The highest BCUT2D eigenvalue weighted by molar-refractivity contribution is 5.87. The van der Waals surface area contributed by atoms with Crippen LogP contribution in [0.25, 0.3) is 0 Å². The number of benzene rings is 1. The van der Waals surface area contributed by atoms with Gasteiger partial charge in [0.25, 0.3) is 0 Å². The highest BCUT2D eigenvalue weighted by Gasteiger charge is 2.32. The summed E-state index contributed by atoms with van der Waals surface area (Å²) in [4.78, 5) is 11.5. The first-order valence-corrected chi connectivity index (χ1v) is 5.18. The SMILES string of the molecule is O=C1CCCC1c1cccc(C(F)(F)F)c1. The van der Waals surface area contributed by atoms with Gasteiger partial charge in [0, 0.05) is 12.3 Å². The predicted octanol–water partition coefficient (Wildman–Crippen LogP) is 3.54. The zero-order chi connectivity index (χ0) is 11.8. The molecule has 16 heavy (non-hydrogen) atoms. The Morgan fingerprint density at radius 3 is 2.56 bits per heavy atom. The Kier molecular flexibility index (Phi) is 2.74. The average molecular weight is 228 g/mol. The molecule has 0 N–H and O–H groups in total. The van der Waals surface area contributed by atoms with Crippen LogP contribution in [0.15, 0.2) is 24.3 Å². The van der Waals surface area contributed by atoms with E-state index in [0.717, 1.165) is 18.6 Å². The van der Waals surface area contributed by atoms with E-state index in [9.17, 15) is 18.0 Å². The molecule has 4 heteroatoms. The number of ketones is 1. The molecule has 1 fully saturated rings. The lowest BCUT2D eigenvalue weighted by Crippen LogP contribution is -2.08. The molecule has 0 bridgehead atoms. The minimum Gasteiger partial charge on any atom is -0.299 e. The van der Waals surface area contributed by atoms with Crippen molar-refractivity contribution in [2.45, 2.75) is 31.4 Å². The van der Waals surface area contributed by atoms with E-state index >= 15 is 0 Å². The van der Waals surface area contributed by atoms with Crippen molar-refractivity contribution >= 4 is 5.78 Å². The zero-order valence-corrected chi connectivity index (χ0v) is 8.55. The van der Waals surface area contributed by atoms with Crippen LogP contribution in [0.2, 0.25) is 0 Å². The molecular weight excluding hydrogens is 217 g/mol. The standard InChI is InChI=1S/C12H11F3O/c13-12(14,15)9-4-1-3-8(7-9)10-5-2-6-11(10)16/h1,3-4,7,10H,2,5-6H2. The molecule has 2 rings (SSSR count). The largest absolute Gasteiger partial charge is 0.416 e. The molecule has 1 unspecified atom stereocenters. The van der Waals surface area contributed by atoms with Crippen LogP contribution in [-0.4, -0.2) is 5.78 Å². The fraction of sp³-hybridized carbons (Fsp3) is 0.417. The molecule has 0 heterocycles. The first-order chi connectivity index (χ1) is 7.48. The van der Waals surface area contributed by atoms with Gasteiger partial charge in [0.2, 0.25) is 0 Å². The minimum absolute atomic E-state index is 0.0549. The summed E-state index contributed by atoms with van der Waals surface area (Å²) in [5.74, 6) is -0.276. The maximum Gasteiger partial charge on any atom is 0.416 e. The van der Waals surface area contributed by atoms with Crippen LogP contribution in [-0.2, 0) is 11.0 Å². The Bertz CT molecular complexity index is 409. The zero-order valence-electron chi connectivity index (χ0n) is 8.55. The van der Waals surface area contributed by atoms with Gasteiger partial charge in [0.15, 0.2) is 0 Å². The fourth-order valence-electron chi connectivity index (χ4n) is 2.10. The van der Waals surface area contributed by atoms with Gasteiger partial charge in [-0.3, -0.25) is 4.79 Å². The van der Waals surface area contributed by atoms with E-state index in [1.807, 2.05) is 0 Å². The molecule has 1 atom stereocenters. The lowest BCUT2D eigenvalue weighted by Gasteiger charge is -2.12. The minimum atomic E-state index is -4.34. The van der Waals surface area contributed by atoms with Crippen LogP contribution in [0, 0.1) is 0 Å². The molecule has 0 aliphatic heterocycles. The molecule has 1 aliphatic carbocycles. The Morgan fingerprint density at radius 1 is 1.25 bits per heavy atom. The Hall–Kier alpha value is -1.32. The monoisotopic (exact) mass is 228 g/mol. The van der Waals surface area contributed by atoms with Crippen molar-refractivity contribution in [1.82, 2.24) is 0 Å². The summed E-state index contributed by atoms with van der Waals surface area (Å²) in [6, 6.07) is 5.09. The normalized spacial score (nSPS) is 21.4. The first kappa shape index (κ1) is 11.2. The summed E-state index contributed by atoms with van der Waals surface area (Å²) >= 11 is 0. The van der Waals surface area contributed by atoms with Gasteiger partial charge in [-0.05, 0) is 24.5 Å². The number of alkyl halides is 3. The number of hydrogen-bond donors (Lipinski definition) is 0. The molecular formula is C12H11F3O. The number of halogens is 3. The fourth-order valence-corrected chi connectivity index (χ4v) is 2.10. The molecule has 1 saturated carbocycles. The highest BCUT2D eigenvalue weighted by Crippen LogP contribution is 2.35. The summed E-state index contributed by atoms with van der Waals surface area (Å²) < 4.78 is 37.4. The van der Waals surface area contributed by atoms with Crippen molar-refractivity contribution in [3.05, 3.63) is 35.4 Å². The quantitative estimate of drug-likeness (QED) is 0.718. The van der Waals surface area contributed by atoms with Crippen molar-refractivity contribution in [3.63, 3.8) is 0 Å². The van der Waals surface area contributed by atoms with Crippen LogP contribution in [0.3, 0.4) is 0 Å². The second-order valence-electron chi connectivity index (χ2n) is 4.03. The number of rotatable bonds is 1. The van der Waals surface area contributed by atoms with Crippen molar-refractivity contribution < 1.29 is 18.0 Å². The summed E-state index contributed by atoms with van der Waals surface area (Å²) in [5.41, 5.74) is -0.179. The molecule has 0 spiro atoms. The topological polar surface area (TPSA) is 17.1 Å². The highest BCUT2D eigenvalue weighted by atomic mass is 19.4. The van der Waals surface area contributed by atoms with E-state index in [-0.39, 0.29) is 11.7 Å². The summed E-state index contributed by atoms with van der Waals surface area (Å²) in [6.07, 6.45) is -2.40. The third kappa shape index (κ3) is 2.10. The molecule has 1 aliphatic rings. The smallest absolute Gasteiger partial charge is 0.299 e. The molecule has 1 nitrogen and oxygen atoms in total. The number of Topliss-reactive ketones (excluding diaryl/α,β-unsaturated/α-hetero) is 1. The van der Waals surface area contributed by atoms with E-state index in [4.69, 9.17) is 0 Å². The molecule has 86 valence electrons. The van der Waals surface area contributed by atoms with Gasteiger partial charge in [0.1, 0.15) is 5.78 Å². The molecule has 1 aromatic carbocycles. The Balaban J connectivity index is 2.32. The Labute approximate surface area is 91.3 Å². The van der Waals surface area contributed by atoms with E-state index in [1.54, 1.807) is 6.07 Å². The third-order valence-electron chi connectivity index (χ3n) is 2.92. The van der Waals surface area contributed by atoms with Crippen LogP contribution in [0.4, 0.5) is 13.2 Å². The first-order valence-electron chi connectivity index (χ1n) is 5.18. The molecule has 0 radical (unpaired) electrons. The number of hydrogen-bond acceptors (Lipinski definition) is 1. The van der Waals surface area contributed by atoms with E-state index in [2.05, 4.69) is 0 Å². The van der Waals surface area contributed by atoms with Crippen LogP contribution >= 0.6 is 0 Å². The molecule has 0 amide bonds. The van der Waals surface area contributed by atoms with Crippen LogP contribution < -0.4 is 0 Å². The molecule has 0 saturated heterocycles. The van der Waals surface area contributed by atoms with Gasteiger partial charge >= 0.3 is 6.18 Å². The number of carbonyl (C=O) groups excluding carboxylic acids is 1. The summed E-state index contributed by atoms with van der Waals surface area (Å²) in [5, 5.41) is 0. The van der Waals surface area contributed by atoms with E-state index in [0.29, 0.717) is 18.4 Å². The van der Waals surface area contributed by atoms with Crippen molar-refractivity contribution in [2.75, 3.05) is 0 Å². The van der Waals surface area contributed by atoms with Gasteiger partial charge < -0.3 is 0 Å². The van der Waals surface area contributed by atoms with Crippen molar-refractivity contribution in [3.8, 4) is 0 Å². The number of carbonyl (C=O) groups is 1. The lowest BCUT2D eigenvalue weighted by atomic mass is 9.95. The van der Waals surface area contributed by atoms with Gasteiger partial charge in [-0.2, -0.15) is 13.2 Å². The maximum absolute atomic E-state index is 12.5.